The lowest BCUT2D eigenvalue weighted by Crippen LogP contribution is -2.15. The Bertz CT molecular complexity index is 856. The summed E-state index contributed by atoms with van der Waals surface area (Å²) in [5, 5.41) is 2.76. The third kappa shape index (κ3) is 3.96. The van der Waals surface area contributed by atoms with Gasteiger partial charge in [0, 0.05) is 12.3 Å². The average Bonchev–Trinajstić information content (AvgIpc) is 3.10. The van der Waals surface area contributed by atoms with Crippen LogP contribution in [0.15, 0.2) is 58.4 Å². The van der Waals surface area contributed by atoms with E-state index in [9.17, 15) is 13.6 Å². The molecular weight excluding hydrogens is 336 g/mol. The smallest absolute Gasteiger partial charge is 0.234 e. The molecule has 2 aromatic heterocycles. The Morgan fingerprint density at radius 1 is 1.25 bits per heavy atom. The summed E-state index contributed by atoms with van der Waals surface area (Å²) in [6.07, 6.45) is 3.10. The molecule has 5 nitrogen and oxygen atoms in total. The monoisotopic (exact) mass is 347 g/mol. The van der Waals surface area contributed by atoms with Crippen LogP contribution in [0.3, 0.4) is 0 Å². The highest BCUT2D eigenvalue weighted by atomic mass is 32.2. The third-order valence-corrected chi connectivity index (χ3v) is 3.81. The van der Waals surface area contributed by atoms with Crippen molar-refractivity contribution in [3.63, 3.8) is 0 Å². The summed E-state index contributed by atoms with van der Waals surface area (Å²) >= 11 is 1.10. The van der Waals surface area contributed by atoms with Gasteiger partial charge in [0.2, 0.25) is 5.91 Å². The molecule has 0 saturated carbocycles. The van der Waals surface area contributed by atoms with E-state index in [1.54, 1.807) is 24.4 Å². The van der Waals surface area contributed by atoms with E-state index in [4.69, 9.17) is 4.42 Å². The van der Waals surface area contributed by atoms with Crippen LogP contribution in [0.1, 0.15) is 0 Å². The van der Waals surface area contributed by atoms with Crippen LogP contribution in [-0.2, 0) is 4.79 Å². The quantitative estimate of drug-likeness (QED) is 0.562. The number of aromatic nitrogens is 2. The first-order chi connectivity index (χ1) is 11.6. The number of anilines is 1. The fraction of sp³-hybridized carbons (Fsp3) is 0.0625. The summed E-state index contributed by atoms with van der Waals surface area (Å²) in [5.41, 5.74) is 0.523. The molecule has 0 aliphatic rings. The molecule has 0 aliphatic carbocycles. The zero-order valence-corrected chi connectivity index (χ0v) is 13.0. The van der Waals surface area contributed by atoms with Crippen LogP contribution in [0.2, 0.25) is 0 Å². The van der Waals surface area contributed by atoms with Crippen molar-refractivity contribution in [1.82, 2.24) is 9.97 Å². The second kappa shape index (κ2) is 7.22. The lowest BCUT2D eigenvalue weighted by molar-refractivity contribution is -0.113. The summed E-state index contributed by atoms with van der Waals surface area (Å²) in [4.78, 5) is 20.2. The van der Waals surface area contributed by atoms with E-state index in [0.29, 0.717) is 22.7 Å². The first-order valence-electron chi connectivity index (χ1n) is 6.86. The molecule has 1 N–H and O–H groups in total. The highest BCUT2D eigenvalue weighted by Gasteiger charge is 2.10. The lowest BCUT2D eigenvalue weighted by Gasteiger charge is -2.06. The zero-order chi connectivity index (χ0) is 16.9. The maximum Gasteiger partial charge on any atom is 0.234 e. The lowest BCUT2D eigenvalue weighted by atomic mass is 10.3. The van der Waals surface area contributed by atoms with Crippen molar-refractivity contribution in [2.45, 2.75) is 5.16 Å². The number of hydrogen-bond donors (Lipinski definition) is 1. The van der Waals surface area contributed by atoms with Crippen LogP contribution in [0.4, 0.5) is 14.5 Å². The number of carbonyl (C=O) groups excluding carboxylic acids is 1. The Labute approximate surface area is 140 Å². The SMILES string of the molecule is O=C(CSc1nccc(-c2ccco2)n1)Nc1ccc(F)cc1F. The number of halogens is 2. The van der Waals surface area contributed by atoms with Crippen LogP contribution in [0.5, 0.6) is 0 Å². The Morgan fingerprint density at radius 3 is 2.88 bits per heavy atom. The van der Waals surface area contributed by atoms with Crippen LogP contribution in [0, 0.1) is 11.6 Å². The van der Waals surface area contributed by atoms with Crippen molar-refractivity contribution in [2.24, 2.45) is 0 Å². The number of thioether (sulfide) groups is 1. The molecule has 2 heterocycles. The number of carbonyl (C=O) groups is 1. The largest absolute Gasteiger partial charge is 0.463 e. The number of furan rings is 1. The van der Waals surface area contributed by atoms with Crippen molar-refractivity contribution >= 4 is 23.4 Å². The fourth-order valence-corrected chi connectivity index (χ4v) is 2.51. The number of hydrogen-bond acceptors (Lipinski definition) is 5. The summed E-state index contributed by atoms with van der Waals surface area (Å²) in [6.45, 7) is 0. The van der Waals surface area contributed by atoms with E-state index in [1.807, 2.05) is 0 Å². The van der Waals surface area contributed by atoms with Crippen molar-refractivity contribution in [3.8, 4) is 11.5 Å². The van der Waals surface area contributed by atoms with Gasteiger partial charge < -0.3 is 9.73 Å². The van der Waals surface area contributed by atoms with Crippen molar-refractivity contribution in [2.75, 3.05) is 11.1 Å². The van der Waals surface area contributed by atoms with Gasteiger partial charge in [0.05, 0.1) is 17.7 Å². The molecule has 0 radical (unpaired) electrons. The Kier molecular flexibility index (Phi) is 4.85. The predicted octanol–water partition coefficient (Wildman–Crippen LogP) is 3.75. The minimum absolute atomic E-state index is 0.0155. The van der Waals surface area contributed by atoms with Crippen molar-refractivity contribution in [3.05, 3.63) is 60.5 Å². The topological polar surface area (TPSA) is 68.0 Å². The van der Waals surface area contributed by atoms with Gasteiger partial charge in [-0.2, -0.15) is 0 Å². The van der Waals surface area contributed by atoms with Gasteiger partial charge in [0.1, 0.15) is 17.3 Å². The average molecular weight is 347 g/mol. The van der Waals surface area contributed by atoms with Crippen LogP contribution < -0.4 is 5.32 Å². The molecule has 0 atom stereocenters. The van der Waals surface area contributed by atoms with E-state index < -0.39 is 17.5 Å². The molecule has 1 amide bonds. The maximum atomic E-state index is 13.5. The van der Waals surface area contributed by atoms with E-state index in [0.717, 1.165) is 17.8 Å². The molecule has 0 unspecified atom stereocenters. The molecule has 122 valence electrons. The van der Waals surface area contributed by atoms with Gasteiger partial charge in [-0.15, -0.1) is 0 Å². The molecule has 0 aliphatic heterocycles. The summed E-state index contributed by atoms with van der Waals surface area (Å²) in [6, 6.07) is 8.15. The van der Waals surface area contributed by atoms with Gasteiger partial charge >= 0.3 is 0 Å². The highest BCUT2D eigenvalue weighted by Crippen LogP contribution is 2.21. The molecule has 3 aromatic rings. The second-order valence-corrected chi connectivity index (χ2v) is 5.61. The standard InChI is InChI=1S/C16H11F2N3O2S/c17-10-3-4-12(11(18)8-10)20-15(22)9-24-16-19-6-5-13(21-16)14-2-1-7-23-14/h1-8H,9H2,(H,20,22). The van der Waals surface area contributed by atoms with E-state index >= 15 is 0 Å². The number of nitrogens with one attached hydrogen (secondary N) is 1. The second-order valence-electron chi connectivity index (χ2n) is 4.66. The molecule has 8 heteroatoms. The van der Waals surface area contributed by atoms with Crippen molar-refractivity contribution in [1.29, 1.82) is 0 Å². The number of nitrogens with zero attached hydrogens (tertiary/aromatic N) is 2. The van der Waals surface area contributed by atoms with Gasteiger partial charge in [-0.3, -0.25) is 4.79 Å². The van der Waals surface area contributed by atoms with E-state index in [1.165, 1.54) is 12.3 Å². The molecule has 24 heavy (non-hydrogen) atoms. The number of rotatable bonds is 5. The normalized spacial score (nSPS) is 10.6. The molecule has 0 saturated heterocycles. The van der Waals surface area contributed by atoms with Gasteiger partial charge in [0.25, 0.3) is 0 Å². The molecule has 1 aromatic carbocycles. The summed E-state index contributed by atoms with van der Waals surface area (Å²) < 4.78 is 31.6. The van der Waals surface area contributed by atoms with Crippen LogP contribution >= 0.6 is 11.8 Å². The molecule has 0 fully saturated rings. The summed E-state index contributed by atoms with van der Waals surface area (Å²) in [7, 11) is 0. The molecule has 0 spiro atoms. The highest BCUT2D eigenvalue weighted by molar-refractivity contribution is 7.99. The molecular formula is C16H11F2N3O2S. The Hall–Kier alpha value is -2.74. The molecule has 0 bridgehead atoms. The van der Waals surface area contributed by atoms with Crippen LogP contribution in [0.25, 0.3) is 11.5 Å². The van der Waals surface area contributed by atoms with Gasteiger partial charge in [-0.25, -0.2) is 18.7 Å². The zero-order valence-electron chi connectivity index (χ0n) is 12.2. The molecule has 3 rings (SSSR count). The van der Waals surface area contributed by atoms with Crippen LogP contribution in [-0.4, -0.2) is 21.6 Å². The minimum Gasteiger partial charge on any atom is -0.463 e. The third-order valence-electron chi connectivity index (χ3n) is 2.94. The van der Waals surface area contributed by atoms with Gasteiger partial charge in [-0.1, -0.05) is 11.8 Å². The predicted molar refractivity (Wildman–Crippen MR) is 85.4 cm³/mol. The summed E-state index contributed by atoms with van der Waals surface area (Å²) in [5.74, 6) is -1.40. The first-order valence-corrected chi connectivity index (χ1v) is 7.85. The first kappa shape index (κ1) is 16.1. The number of benzene rings is 1. The Balaban J connectivity index is 1.61. The Morgan fingerprint density at radius 2 is 2.12 bits per heavy atom. The van der Waals surface area contributed by atoms with Gasteiger partial charge in [0.15, 0.2) is 10.9 Å². The van der Waals surface area contributed by atoms with Crippen molar-refractivity contribution < 1.29 is 18.0 Å². The fourth-order valence-electron chi connectivity index (χ4n) is 1.88. The maximum absolute atomic E-state index is 13.5. The number of amides is 1. The van der Waals surface area contributed by atoms with E-state index in [2.05, 4.69) is 15.3 Å². The van der Waals surface area contributed by atoms with Gasteiger partial charge in [-0.05, 0) is 30.3 Å². The van der Waals surface area contributed by atoms with E-state index in [-0.39, 0.29) is 11.4 Å². The minimum atomic E-state index is -0.829.